The summed E-state index contributed by atoms with van der Waals surface area (Å²) in [4.78, 5) is 9.82. The third-order valence-electron chi connectivity index (χ3n) is 0.980. The molecule has 3 nitrogen and oxygen atoms in total. The summed E-state index contributed by atoms with van der Waals surface area (Å²) in [5.74, 6) is -0.0764. The standard InChI is InChI=1S/C6H5NO2.Cu/c8-6-4-2-1-3-5(6)7-9;/h1-4,8H;. The Morgan fingerprint density at radius 1 is 1.30 bits per heavy atom. The van der Waals surface area contributed by atoms with Crippen LogP contribution in [-0.4, -0.2) is 5.11 Å². The molecule has 1 radical (unpaired) electrons. The molecule has 0 spiro atoms. The molecule has 0 heterocycles. The van der Waals surface area contributed by atoms with Crippen LogP contribution in [0.4, 0.5) is 5.69 Å². The Morgan fingerprint density at radius 2 is 1.90 bits per heavy atom. The summed E-state index contributed by atoms with van der Waals surface area (Å²) in [5.41, 5.74) is 0.0810. The zero-order valence-electron chi connectivity index (χ0n) is 4.91. The van der Waals surface area contributed by atoms with Crippen molar-refractivity contribution in [1.29, 1.82) is 0 Å². The Bertz CT molecular complexity index is 227. The monoisotopic (exact) mass is 186 g/mol. The van der Waals surface area contributed by atoms with Gasteiger partial charge in [0.1, 0.15) is 11.4 Å². The maximum Gasteiger partial charge on any atom is 0.149 e. The maximum atomic E-state index is 9.82. The molecular formula is C6H5CuNO2. The number of phenols is 1. The van der Waals surface area contributed by atoms with Gasteiger partial charge in [-0.05, 0) is 17.3 Å². The van der Waals surface area contributed by atoms with E-state index in [1.807, 2.05) is 0 Å². The number of nitroso groups, excluding NO2 is 1. The third-order valence-corrected chi connectivity index (χ3v) is 0.980. The molecule has 0 bridgehead atoms. The first kappa shape index (κ1) is 9.14. The minimum atomic E-state index is -0.0764. The van der Waals surface area contributed by atoms with E-state index in [1.165, 1.54) is 12.1 Å². The molecule has 0 aliphatic carbocycles. The van der Waals surface area contributed by atoms with Crippen LogP contribution >= 0.6 is 0 Å². The minimum Gasteiger partial charge on any atom is -0.506 e. The topological polar surface area (TPSA) is 49.7 Å². The number of benzene rings is 1. The van der Waals surface area contributed by atoms with Crippen LogP contribution in [0.15, 0.2) is 29.4 Å². The van der Waals surface area contributed by atoms with Gasteiger partial charge in [0.05, 0.1) is 0 Å². The number of phenolic OH excluding ortho intramolecular Hbond substituents is 1. The van der Waals surface area contributed by atoms with Crippen molar-refractivity contribution >= 4 is 5.69 Å². The van der Waals surface area contributed by atoms with Gasteiger partial charge >= 0.3 is 0 Å². The van der Waals surface area contributed by atoms with E-state index in [1.54, 1.807) is 12.1 Å². The van der Waals surface area contributed by atoms with Gasteiger partial charge in [0.25, 0.3) is 0 Å². The first-order valence-corrected chi connectivity index (χ1v) is 2.46. The van der Waals surface area contributed by atoms with Gasteiger partial charge in [-0.1, -0.05) is 12.1 Å². The molecule has 4 heteroatoms. The molecule has 1 aromatic rings. The molecule has 0 aromatic heterocycles. The minimum absolute atomic E-state index is 0. The average Bonchev–Trinajstić information content (AvgIpc) is 1.89. The maximum absolute atomic E-state index is 9.82. The normalized spacial score (nSPS) is 8.00. The van der Waals surface area contributed by atoms with Gasteiger partial charge in [-0.2, -0.15) is 0 Å². The van der Waals surface area contributed by atoms with Crippen molar-refractivity contribution in [1.82, 2.24) is 0 Å². The van der Waals surface area contributed by atoms with Crippen molar-refractivity contribution in [2.75, 3.05) is 0 Å². The van der Waals surface area contributed by atoms with Crippen LogP contribution in [0.25, 0.3) is 0 Å². The van der Waals surface area contributed by atoms with E-state index in [0.717, 1.165) is 0 Å². The first-order chi connectivity index (χ1) is 4.34. The predicted octanol–water partition coefficient (Wildman–Crippen LogP) is 1.79. The molecule has 0 atom stereocenters. The van der Waals surface area contributed by atoms with Crippen LogP contribution in [0.2, 0.25) is 0 Å². The molecule has 0 amide bonds. The Kier molecular flexibility index (Phi) is 3.69. The van der Waals surface area contributed by atoms with Gasteiger partial charge in [0.2, 0.25) is 0 Å². The molecule has 0 saturated carbocycles. The summed E-state index contributed by atoms with van der Waals surface area (Å²) >= 11 is 0. The molecule has 0 aliphatic heterocycles. The predicted molar refractivity (Wildman–Crippen MR) is 33.6 cm³/mol. The van der Waals surface area contributed by atoms with Gasteiger partial charge in [-0.15, -0.1) is 4.91 Å². The fourth-order valence-electron chi connectivity index (χ4n) is 0.541. The van der Waals surface area contributed by atoms with Crippen LogP contribution in [0.3, 0.4) is 0 Å². The van der Waals surface area contributed by atoms with Gasteiger partial charge in [-0.25, -0.2) is 0 Å². The van der Waals surface area contributed by atoms with E-state index in [2.05, 4.69) is 5.18 Å². The Balaban J connectivity index is 0.000000810. The van der Waals surface area contributed by atoms with Gasteiger partial charge in [0.15, 0.2) is 0 Å². The number of nitrogens with zero attached hydrogens (tertiary/aromatic N) is 1. The van der Waals surface area contributed by atoms with E-state index in [9.17, 15) is 4.91 Å². The zero-order chi connectivity index (χ0) is 6.69. The molecule has 0 aliphatic rings. The molecule has 57 valence electrons. The summed E-state index contributed by atoms with van der Waals surface area (Å²) in [6.45, 7) is 0. The van der Waals surface area contributed by atoms with E-state index in [-0.39, 0.29) is 28.5 Å². The van der Waals surface area contributed by atoms with Crippen LogP contribution in [0, 0.1) is 4.91 Å². The SMILES string of the molecule is O=Nc1ccccc1O.[Cu]. The number of rotatable bonds is 1. The van der Waals surface area contributed by atoms with Crippen LogP contribution in [-0.2, 0) is 17.1 Å². The van der Waals surface area contributed by atoms with Crippen molar-refractivity contribution in [2.24, 2.45) is 5.18 Å². The Hall–Kier alpha value is -0.861. The van der Waals surface area contributed by atoms with Crippen molar-refractivity contribution in [3.05, 3.63) is 29.2 Å². The van der Waals surface area contributed by atoms with Crippen molar-refractivity contribution in [3.8, 4) is 5.75 Å². The number of hydrogen-bond donors (Lipinski definition) is 1. The van der Waals surface area contributed by atoms with Gasteiger partial charge in [0, 0.05) is 17.1 Å². The van der Waals surface area contributed by atoms with Crippen molar-refractivity contribution in [2.45, 2.75) is 0 Å². The molecule has 1 rings (SSSR count). The second-order valence-electron chi connectivity index (χ2n) is 1.58. The summed E-state index contributed by atoms with van der Waals surface area (Å²) in [7, 11) is 0. The number of hydrogen-bond acceptors (Lipinski definition) is 3. The molecule has 1 aromatic carbocycles. The average molecular weight is 187 g/mol. The fraction of sp³-hybridized carbons (Fsp3) is 0. The van der Waals surface area contributed by atoms with E-state index in [0.29, 0.717) is 0 Å². The summed E-state index contributed by atoms with van der Waals surface area (Å²) in [6.07, 6.45) is 0. The number of aromatic hydroxyl groups is 1. The zero-order valence-corrected chi connectivity index (χ0v) is 5.86. The molecule has 0 fully saturated rings. The van der Waals surface area contributed by atoms with E-state index >= 15 is 0 Å². The van der Waals surface area contributed by atoms with Gasteiger partial charge < -0.3 is 5.11 Å². The van der Waals surface area contributed by atoms with E-state index < -0.39 is 0 Å². The fourth-order valence-corrected chi connectivity index (χ4v) is 0.541. The van der Waals surface area contributed by atoms with E-state index in [4.69, 9.17) is 5.11 Å². The second-order valence-corrected chi connectivity index (χ2v) is 1.58. The van der Waals surface area contributed by atoms with Gasteiger partial charge in [-0.3, -0.25) is 0 Å². The summed E-state index contributed by atoms with van der Waals surface area (Å²) in [5, 5.41) is 11.4. The van der Waals surface area contributed by atoms with Crippen LogP contribution in [0.5, 0.6) is 5.75 Å². The second kappa shape index (κ2) is 4.04. The number of para-hydroxylation sites is 1. The molecular weight excluding hydrogens is 182 g/mol. The summed E-state index contributed by atoms with van der Waals surface area (Å²) in [6, 6.07) is 6.12. The van der Waals surface area contributed by atoms with Crippen LogP contribution in [0.1, 0.15) is 0 Å². The Morgan fingerprint density at radius 3 is 2.30 bits per heavy atom. The molecule has 10 heavy (non-hydrogen) atoms. The molecule has 1 N–H and O–H groups in total. The first-order valence-electron chi connectivity index (χ1n) is 2.46. The quantitative estimate of drug-likeness (QED) is 0.537. The largest absolute Gasteiger partial charge is 0.506 e. The molecule has 0 saturated heterocycles. The molecule has 0 unspecified atom stereocenters. The van der Waals surface area contributed by atoms with Crippen molar-refractivity contribution in [3.63, 3.8) is 0 Å². The summed E-state index contributed by atoms with van der Waals surface area (Å²) < 4.78 is 0. The Labute approximate surface area is 68.5 Å². The van der Waals surface area contributed by atoms with Crippen molar-refractivity contribution < 1.29 is 22.2 Å². The third kappa shape index (κ3) is 1.83. The smallest absolute Gasteiger partial charge is 0.149 e. The van der Waals surface area contributed by atoms with Crippen LogP contribution < -0.4 is 0 Å².